The molecule has 2 aromatic carbocycles. The van der Waals surface area contributed by atoms with Gasteiger partial charge >= 0.3 is 0 Å². The first kappa shape index (κ1) is 15.1. The molecular weight excluding hydrogens is 314 g/mol. The molecule has 0 radical (unpaired) electrons. The zero-order chi connectivity index (χ0) is 14.7. The molecular formula is C17H20BrNO. The second kappa shape index (κ2) is 6.42. The number of aryl methyl sites for hydroxylation is 2. The van der Waals surface area contributed by atoms with E-state index in [0.717, 1.165) is 27.8 Å². The lowest BCUT2D eigenvalue weighted by Gasteiger charge is -2.16. The molecule has 0 spiro atoms. The summed E-state index contributed by atoms with van der Waals surface area (Å²) >= 11 is 3.50. The zero-order valence-electron chi connectivity index (χ0n) is 12.1. The molecule has 2 N–H and O–H groups in total. The van der Waals surface area contributed by atoms with Crippen LogP contribution in [0.25, 0.3) is 0 Å². The number of rotatable bonds is 4. The summed E-state index contributed by atoms with van der Waals surface area (Å²) in [7, 11) is 1.69. The molecule has 0 aliphatic rings. The third kappa shape index (κ3) is 3.41. The number of methoxy groups -OCH3 is 1. The first-order valence-electron chi connectivity index (χ1n) is 6.66. The fourth-order valence-corrected chi connectivity index (χ4v) is 2.67. The van der Waals surface area contributed by atoms with Gasteiger partial charge in [-0.2, -0.15) is 0 Å². The molecule has 1 unspecified atom stereocenters. The van der Waals surface area contributed by atoms with E-state index in [-0.39, 0.29) is 6.04 Å². The van der Waals surface area contributed by atoms with Crippen molar-refractivity contribution in [1.82, 2.24) is 0 Å². The first-order valence-corrected chi connectivity index (χ1v) is 7.45. The van der Waals surface area contributed by atoms with Crippen molar-refractivity contribution in [2.45, 2.75) is 26.3 Å². The summed E-state index contributed by atoms with van der Waals surface area (Å²) in [5, 5.41) is 0. The van der Waals surface area contributed by atoms with Crippen molar-refractivity contribution in [2.24, 2.45) is 5.73 Å². The van der Waals surface area contributed by atoms with Gasteiger partial charge in [0, 0.05) is 10.5 Å². The molecule has 2 nitrogen and oxygen atoms in total. The van der Waals surface area contributed by atoms with Crippen LogP contribution in [0.15, 0.2) is 40.9 Å². The molecule has 2 aromatic rings. The van der Waals surface area contributed by atoms with Gasteiger partial charge in [0.05, 0.1) is 7.11 Å². The van der Waals surface area contributed by atoms with E-state index < -0.39 is 0 Å². The Morgan fingerprint density at radius 2 is 1.85 bits per heavy atom. The topological polar surface area (TPSA) is 35.2 Å². The molecule has 1 atom stereocenters. The quantitative estimate of drug-likeness (QED) is 0.904. The minimum Gasteiger partial charge on any atom is -0.496 e. The Hall–Kier alpha value is -1.32. The summed E-state index contributed by atoms with van der Waals surface area (Å²) in [6, 6.07) is 12.4. The predicted molar refractivity (Wildman–Crippen MR) is 87.2 cm³/mol. The normalized spacial score (nSPS) is 12.2. The van der Waals surface area contributed by atoms with E-state index in [1.807, 2.05) is 12.1 Å². The maximum Gasteiger partial charge on any atom is 0.122 e. The van der Waals surface area contributed by atoms with E-state index in [2.05, 4.69) is 54.0 Å². The fourth-order valence-electron chi connectivity index (χ4n) is 2.26. The van der Waals surface area contributed by atoms with Crippen LogP contribution in [0, 0.1) is 13.8 Å². The molecule has 106 valence electrons. The number of nitrogens with two attached hydrogens (primary N) is 1. The minimum absolute atomic E-state index is 0.0301. The van der Waals surface area contributed by atoms with Crippen LogP contribution in [0.4, 0.5) is 0 Å². The maximum absolute atomic E-state index is 6.35. The Bertz CT molecular complexity index is 610. The van der Waals surface area contributed by atoms with Crippen molar-refractivity contribution in [3.05, 3.63) is 63.1 Å². The highest BCUT2D eigenvalue weighted by atomic mass is 79.9. The van der Waals surface area contributed by atoms with Gasteiger partial charge in [-0.3, -0.25) is 0 Å². The van der Waals surface area contributed by atoms with E-state index in [4.69, 9.17) is 10.5 Å². The van der Waals surface area contributed by atoms with Crippen LogP contribution in [0.5, 0.6) is 5.75 Å². The molecule has 0 heterocycles. The summed E-state index contributed by atoms with van der Waals surface area (Å²) in [5.74, 6) is 0.882. The van der Waals surface area contributed by atoms with Crippen LogP contribution in [-0.4, -0.2) is 7.11 Å². The molecule has 0 fully saturated rings. The Morgan fingerprint density at radius 3 is 2.50 bits per heavy atom. The molecule has 0 saturated heterocycles. The van der Waals surface area contributed by atoms with Gasteiger partial charge in [0.1, 0.15) is 5.75 Å². The third-order valence-electron chi connectivity index (χ3n) is 3.64. The SMILES string of the molecule is COc1ccc(Br)cc1CC(N)c1ccc(C)c(C)c1. The fraction of sp³-hybridized carbons (Fsp3) is 0.294. The molecule has 0 saturated carbocycles. The second-order valence-corrected chi connectivity index (χ2v) is 6.03. The van der Waals surface area contributed by atoms with Crippen molar-refractivity contribution in [3.8, 4) is 5.75 Å². The summed E-state index contributed by atoms with van der Waals surface area (Å²) in [5.41, 5.74) is 11.2. The second-order valence-electron chi connectivity index (χ2n) is 5.11. The van der Waals surface area contributed by atoms with E-state index in [9.17, 15) is 0 Å². The molecule has 20 heavy (non-hydrogen) atoms. The van der Waals surface area contributed by atoms with Crippen molar-refractivity contribution in [1.29, 1.82) is 0 Å². The number of benzene rings is 2. The molecule has 3 heteroatoms. The molecule has 0 aliphatic carbocycles. The number of hydrogen-bond acceptors (Lipinski definition) is 2. The number of halogens is 1. The highest BCUT2D eigenvalue weighted by Gasteiger charge is 2.12. The first-order chi connectivity index (χ1) is 9.51. The minimum atomic E-state index is -0.0301. The average Bonchev–Trinajstić information content (AvgIpc) is 2.42. The van der Waals surface area contributed by atoms with Gasteiger partial charge in [-0.15, -0.1) is 0 Å². The smallest absolute Gasteiger partial charge is 0.122 e. The van der Waals surface area contributed by atoms with E-state index in [0.29, 0.717) is 0 Å². The monoisotopic (exact) mass is 333 g/mol. The Labute approximate surface area is 129 Å². The van der Waals surface area contributed by atoms with Crippen LogP contribution in [0.2, 0.25) is 0 Å². The highest BCUT2D eigenvalue weighted by Crippen LogP contribution is 2.27. The van der Waals surface area contributed by atoms with Gasteiger partial charge in [0.25, 0.3) is 0 Å². The Kier molecular flexibility index (Phi) is 4.84. The number of hydrogen-bond donors (Lipinski definition) is 1. The Morgan fingerprint density at radius 1 is 1.10 bits per heavy atom. The zero-order valence-corrected chi connectivity index (χ0v) is 13.7. The maximum atomic E-state index is 6.35. The predicted octanol–water partition coefficient (Wildman–Crippen LogP) is 4.32. The van der Waals surface area contributed by atoms with Gasteiger partial charge in [0.15, 0.2) is 0 Å². The van der Waals surface area contributed by atoms with Crippen LogP contribution >= 0.6 is 15.9 Å². The molecule has 0 amide bonds. The van der Waals surface area contributed by atoms with Crippen LogP contribution in [-0.2, 0) is 6.42 Å². The lowest BCUT2D eigenvalue weighted by atomic mass is 9.96. The summed E-state index contributed by atoms with van der Waals surface area (Å²) in [6.07, 6.45) is 0.755. The van der Waals surface area contributed by atoms with Crippen molar-refractivity contribution < 1.29 is 4.74 Å². The van der Waals surface area contributed by atoms with Crippen molar-refractivity contribution >= 4 is 15.9 Å². The van der Waals surface area contributed by atoms with Gasteiger partial charge in [-0.25, -0.2) is 0 Å². The number of ether oxygens (including phenoxy) is 1. The third-order valence-corrected chi connectivity index (χ3v) is 4.13. The molecule has 0 aliphatic heterocycles. The largest absolute Gasteiger partial charge is 0.496 e. The van der Waals surface area contributed by atoms with Crippen LogP contribution in [0.1, 0.15) is 28.3 Å². The van der Waals surface area contributed by atoms with E-state index >= 15 is 0 Å². The van der Waals surface area contributed by atoms with Gasteiger partial charge in [0.2, 0.25) is 0 Å². The lowest BCUT2D eigenvalue weighted by Crippen LogP contribution is -2.14. The summed E-state index contributed by atoms with van der Waals surface area (Å²) in [6.45, 7) is 4.23. The standard InChI is InChI=1S/C17H20BrNO/c1-11-4-5-13(8-12(11)2)16(19)10-14-9-15(18)6-7-17(14)20-3/h4-9,16H,10,19H2,1-3H3. The average molecular weight is 334 g/mol. The summed E-state index contributed by atoms with van der Waals surface area (Å²) in [4.78, 5) is 0. The van der Waals surface area contributed by atoms with Gasteiger partial charge in [-0.05, 0) is 60.7 Å². The van der Waals surface area contributed by atoms with E-state index in [1.165, 1.54) is 11.1 Å². The van der Waals surface area contributed by atoms with Crippen molar-refractivity contribution in [2.75, 3.05) is 7.11 Å². The molecule has 0 bridgehead atoms. The highest BCUT2D eigenvalue weighted by molar-refractivity contribution is 9.10. The van der Waals surface area contributed by atoms with Crippen LogP contribution < -0.4 is 10.5 Å². The molecule has 2 rings (SSSR count). The van der Waals surface area contributed by atoms with Crippen molar-refractivity contribution in [3.63, 3.8) is 0 Å². The van der Waals surface area contributed by atoms with Crippen LogP contribution in [0.3, 0.4) is 0 Å². The van der Waals surface area contributed by atoms with Gasteiger partial charge < -0.3 is 10.5 Å². The van der Waals surface area contributed by atoms with E-state index in [1.54, 1.807) is 7.11 Å². The van der Waals surface area contributed by atoms with Gasteiger partial charge in [-0.1, -0.05) is 34.1 Å². The lowest BCUT2D eigenvalue weighted by molar-refractivity contribution is 0.408. The summed E-state index contributed by atoms with van der Waals surface area (Å²) < 4.78 is 6.45. The molecule has 0 aromatic heterocycles. The Balaban J connectivity index is 2.24.